The zero-order valence-corrected chi connectivity index (χ0v) is 23.8. The Morgan fingerprint density at radius 2 is 1.21 bits per heavy atom. The van der Waals surface area contributed by atoms with Crippen molar-refractivity contribution in [3.05, 3.63) is 92.5 Å². The minimum atomic E-state index is -4.99. The molecule has 0 atom stereocenters. The minimum Gasteiger partial charge on any atom is -0.456 e. The van der Waals surface area contributed by atoms with Gasteiger partial charge in [-0.1, -0.05) is 49.3 Å². The van der Waals surface area contributed by atoms with Gasteiger partial charge in [-0.05, 0) is 71.5 Å². The van der Waals surface area contributed by atoms with E-state index in [-0.39, 0.29) is 31.2 Å². The van der Waals surface area contributed by atoms with Crippen LogP contribution in [0.15, 0.2) is 74.7 Å². The highest BCUT2D eigenvalue weighted by Crippen LogP contribution is 2.41. The molecule has 0 aliphatic rings. The molecule has 226 valence electrons. The summed E-state index contributed by atoms with van der Waals surface area (Å²) in [5, 5.41) is 3.03. The molecule has 2 aromatic heterocycles. The Bertz CT molecular complexity index is 2010. The van der Waals surface area contributed by atoms with Gasteiger partial charge in [-0.25, -0.2) is 0 Å². The smallest absolute Gasteiger partial charge is 0.416 e. The fourth-order valence-electron chi connectivity index (χ4n) is 5.18. The molecule has 0 radical (unpaired) electrons. The van der Waals surface area contributed by atoms with E-state index in [0.717, 1.165) is 0 Å². The van der Waals surface area contributed by atoms with Crippen molar-refractivity contribution < 1.29 is 30.8 Å². The normalized spacial score (nSPS) is 12.1. The Hall–Kier alpha value is -3.86. The molecule has 6 rings (SSSR count). The first-order valence-electron chi connectivity index (χ1n) is 13.0. The van der Waals surface area contributed by atoms with Crippen molar-refractivity contribution in [2.75, 3.05) is 5.33 Å². The molecule has 4 aromatic carbocycles. The SMILES string of the molecule is C.CC.O=c1c2ccc3oc4ccc(-c5cc(C(F)(F)F)cc(C(F)(F)F)c5)cc4c4ccc(c(=O)n1CCCBr)c2c34. The third kappa shape index (κ3) is 5.50. The van der Waals surface area contributed by atoms with Crippen LogP contribution >= 0.6 is 15.9 Å². The van der Waals surface area contributed by atoms with Crippen LogP contribution in [0.3, 0.4) is 0 Å². The zero-order chi connectivity index (χ0) is 30.6. The second-order valence-corrected chi connectivity index (χ2v) is 10.2. The molecule has 0 N–H and O–H groups in total. The summed E-state index contributed by atoms with van der Waals surface area (Å²) < 4.78 is 88.0. The lowest BCUT2D eigenvalue weighted by atomic mass is 9.94. The predicted octanol–water partition coefficient (Wildman–Crippen LogP) is 10.0. The molecule has 0 amide bonds. The van der Waals surface area contributed by atoms with Gasteiger partial charge in [0.25, 0.3) is 11.1 Å². The van der Waals surface area contributed by atoms with Crippen LogP contribution in [-0.2, 0) is 18.9 Å². The van der Waals surface area contributed by atoms with Crippen molar-refractivity contribution in [1.82, 2.24) is 4.57 Å². The summed E-state index contributed by atoms with van der Waals surface area (Å²) in [5.41, 5.74) is -3.20. The summed E-state index contributed by atoms with van der Waals surface area (Å²) in [5.74, 6) is 0. The Labute approximate surface area is 250 Å². The maximum Gasteiger partial charge on any atom is 0.416 e. The van der Waals surface area contributed by atoms with E-state index in [0.29, 0.717) is 67.4 Å². The van der Waals surface area contributed by atoms with Gasteiger partial charge in [0.1, 0.15) is 11.2 Å². The van der Waals surface area contributed by atoms with Crippen LogP contribution in [0, 0.1) is 0 Å². The van der Waals surface area contributed by atoms with Crippen LogP contribution in [0.25, 0.3) is 54.6 Å². The summed E-state index contributed by atoms with van der Waals surface area (Å²) >= 11 is 3.30. The van der Waals surface area contributed by atoms with Gasteiger partial charge in [0.05, 0.1) is 11.1 Å². The highest BCUT2D eigenvalue weighted by Gasteiger charge is 2.37. The molecule has 0 saturated heterocycles. The monoisotopic (exact) mass is 665 g/mol. The molecule has 4 nitrogen and oxygen atoms in total. The number of hydrogen-bond acceptors (Lipinski definition) is 3. The Morgan fingerprint density at radius 1 is 0.674 bits per heavy atom. The Kier molecular flexibility index (Phi) is 8.70. The maximum absolute atomic E-state index is 13.5. The number of rotatable bonds is 4. The molecular formula is C32H26BrF6NO3. The van der Waals surface area contributed by atoms with Gasteiger partial charge in [0, 0.05) is 38.8 Å². The molecule has 0 aliphatic carbocycles. The van der Waals surface area contributed by atoms with E-state index < -0.39 is 34.6 Å². The largest absolute Gasteiger partial charge is 0.456 e. The average molecular weight is 666 g/mol. The third-order valence-corrected chi connectivity index (χ3v) is 7.56. The van der Waals surface area contributed by atoms with Crippen LogP contribution < -0.4 is 11.1 Å². The van der Waals surface area contributed by atoms with Crippen molar-refractivity contribution in [1.29, 1.82) is 0 Å². The van der Waals surface area contributed by atoms with E-state index in [1.165, 1.54) is 22.8 Å². The maximum atomic E-state index is 13.5. The van der Waals surface area contributed by atoms with Crippen LogP contribution in [0.2, 0.25) is 0 Å². The van der Waals surface area contributed by atoms with Gasteiger partial charge in [0.2, 0.25) is 0 Å². The van der Waals surface area contributed by atoms with Gasteiger partial charge in [-0.2, -0.15) is 26.3 Å². The van der Waals surface area contributed by atoms with E-state index >= 15 is 0 Å². The summed E-state index contributed by atoms with van der Waals surface area (Å²) in [7, 11) is 0. The first kappa shape index (κ1) is 32.1. The molecule has 6 aromatic rings. The highest BCUT2D eigenvalue weighted by atomic mass is 79.9. The number of pyridine rings is 1. The van der Waals surface area contributed by atoms with E-state index in [1.807, 2.05) is 13.8 Å². The predicted molar refractivity (Wildman–Crippen MR) is 162 cm³/mol. The fourth-order valence-corrected chi connectivity index (χ4v) is 5.43. The van der Waals surface area contributed by atoms with Crippen LogP contribution in [0.1, 0.15) is 38.8 Å². The van der Waals surface area contributed by atoms with Crippen molar-refractivity contribution in [2.45, 2.75) is 46.6 Å². The van der Waals surface area contributed by atoms with Gasteiger partial charge in [-0.15, -0.1) is 0 Å². The molecule has 43 heavy (non-hydrogen) atoms. The number of benzene rings is 4. The number of alkyl halides is 7. The lowest BCUT2D eigenvalue weighted by Crippen LogP contribution is -2.33. The van der Waals surface area contributed by atoms with Crippen molar-refractivity contribution in [3.8, 4) is 11.1 Å². The number of halogens is 7. The van der Waals surface area contributed by atoms with Crippen molar-refractivity contribution in [3.63, 3.8) is 0 Å². The van der Waals surface area contributed by atoms with Crippen molar-refractivity contribution >= 4 is 59.4 Å². The third-order valence-electron chi connectivity index (χ3n) is 7.00. The molecule has 11 heteroatoms. The van der Waals surface area contributed by atoms with Crippen LogP contribution in [-0.4, -0.2) is 9.90 Å². The lowest BCUT2D eigenvalue weighted by Gasteiger charge is -2.16. The van der Waals surface area contributed by atoms with Gasteiger partial charge in [0.15, 0.2) is 0 Å². The van der Waals surface area contributed by atoms with E-state index in [9.17, 15) is 35.9 Å². The molecule has 0 spiro atoms. The number of aromatic nitrogens is 1. The van der Waals surface area contributed by atoms with Gasteiger partial charge in [-0.3, -0.25) is 14.2 Å². The molecule has 2 heterocycles. The number of hydrogen-bond donors (Lipinski definition) is 0. The lowest BCUT2D eigenvalue weighted by molar-refractivity contribution is -0.143. The van der Waals surface area contributed by atoms with E-state index in [2.05, 4.69) is 15.9 Å². The van der Waals surface area contributed by atoms with E-state index in [1.54, 1.807) is 24.3 Å². The quantitative estimate of drug-likeness (QED) is 0.0815. The Morgan fingerprint density at radius 3 is 1.77 bits per heavy atom. The zero-order valence-electron chi connectivity index (χ0n) is 22.2. The number of fused-ring (bicyclic) bond motifs is 2. The molecule has 0 fully saturated rings. The summed E-state index contributed by atoms with van der Waals surface area (Å²) in [6, 6.07) is 12.2. The van der Waals surface area contributed by atoms with E-state index in [4.69, 9.17) is 4.42 Å². The van der Waals surface area contributed by atoms with Gasteiger partial charge >= 0.3 is 12.4 Å². The minimum absolute atomic E-state index is 0. The standard InChI is InChI=1S/C29H16BrF6NO3.C2H6.CH4/c30-8-1-9-37-26(38)19-4-3-18-21-12-14(15-10-16(28(31,32)33)13-17(11-15)29(34,35)36)2-6-22(21)40-23-7-5-20(27(37)39)24(19)25(18)23;1-2;/h2-7,10-13H,1,8-9H2;1-2H3;1H4. The fraction of sp³-hybridized carbons (Fsp3) is 0.250. The molecule has 0 bridgehead atoms. The molecular weight excluding hydrogens is 640 g/mol. The second-order valence-electron chi connectivity index (χ2n) is 9.43. The van der Waals surface area contributed by atoms with Crippen LogP contribution in [0.5, 0.6) is 0 Å². The summed E-state index contributed by atoms with van der Waals surface area (Å²) in [6.07, 6.45) is -9.41. The number of nitrogens with zero attached hydrogens (tertiary/aromatic N) is 1. The first-order valence-corrected chi connectivity index (χ1v) is 14.1. The first-order chi connectivity index (χ1) is 19.9. The van der Waals surface area contributed by atoms with Gasteiger partial charge < -0.3 is 4.42 Å². The highest BCUT2D eigenvalue weighted by molar-refractivity contribution is 9.09. The second kappa shape index (κ2) is 11.7. The summed E-state index contributed by atoms with van der Waals surface area (Å²) in [4.78, 5) is 26.4. The average Bonchev–Trinajstić information content (AvgIpc) is 2.96. The van der Waals surface area contributed by atoms with Crippen molar-refractivity contribution in [2.24, 2.45) is 0 Å². The molecule has 0 saturated carbocycles. The van der Waals surface area contributed by atoms with Crippen LogP contribution in [0.4, 0.5) is 26.3 Å². The topological polar surface area (TPSA) is 52.2 Å². The summed E-state index contributed by atoms with van der Waals surface area (Å²) in [6.45, 7) is 4.23. The molecule has 0 unspecified atom stereocenters. The molecule has 0 aliphatic heterocycles. The Balaban J connectivity index is 0.00000138.